The van der Waals surface area contributed by atoms with E-state index in [1.165, 1.54) is 340 Å². The van der Waals surface area contributed by atoms with Crippen molar-refractivity contribution in [2.75, 3.05) is 26.4 Å². The van der Waals surface area contributed by atoms with Gasteiger partial charge in [-0.15, -0.1) is 0 Å². The zero-order valence-electron chi connectivity index (χ0n) is 64.3. The van der Waals surface area contributed by atoms with E-state index in [9.17, 15) is 19.0 Å². The molecule has 0 aromatic rings. The second kappa shape index (κ2) is 82.4. The van der Waals surface area contributed by atoms with E-state index >= 15 is 0 Å². The van der Waals surface area contributed by atoms with Crippen molar-refractivity contribution < 1.29 is 37.6 Å². The van der Waals surface area contributed by atoms with Gasteiger partial charge in [0.1, 0.15) is 6.61 Å². The lowest BCUT2D eigenvalue weighted by atomic mass is 10.0. The Morgan fingerprint density at radius 2 is 0.567 bits per heavy atom. The molecule has 2 atom stereocenters. The van der Waals surface area contributed by atoms with Crippen LogP contribution >= 0.6 is 7.82 Å². The van der Waals surface area contributed by atoms with Crippen LogP contribution in [0.3, 0.4) is 0 Å². The van der Waals surface area contributed by atoms with E-state index in [-0.39, 0.29) is 38.6 Å². The van der Waals surface area contributed by atoms with Gasteiger partial charge in [-0.25, -0.2) is 4.57 Å². The van der Waals surface area contributed by atoms with Gasteiger partial charge >= 0.3 is 19.8 Å². The Kier molecular flexibility index (Phi) is 80.2. The van der Waals surface area contributed by atoms with Gasteiger partial charge in [0.05, 0.1) is 13.2 Å². The molecule has 0 aliphatic carbocycles. The summed E-state index contributed by atoms with van der Waals surface area (Å²) in [5, 5.41) is 0. The van der Waals surface area contributed by atoms with E-state index < -0.39 is 26.5 Å². The van der Waals surface area contributed by atoms with E-state index in [2.05, 4.69) is 86.8 Å². The third-order valence-electron chi connectivity index (χ3n) is 19.1. The third-order valence-corrected chi connectivity index (χ3v) is 20.1. The number of carbonyl (C=O) groups excluding carboxylic acids is 2. The number of phosphoric ester groups is 1. The first kappa shape index (κ1) is 94.5. The fourth-order valence-electron chi connectivity index (χ4n) is 12.8. The summed E-state index contributed by atoms with van der Waals surface area (Å²) >= 11 is 0. The van der Waals surface area contributed by atoms with Crippen molar-refractivity contribution in [1.82, 2.24) is 0 Å². The van der Waals surface area contributed by atoms with E-state index in [4.69, 9.17) is 24.3 Å². The molecule has 0 saturated carbocycles. The molecule has 0 aromatic heterocycles. The molecule has 0 aromatic carbocycles. The van der Waals surface area contributed by atoms with Gasteiger partial charge in [0.15, 0.2) is 6.10 Å². The molecule has 2 unspecified atom stereocenters. The lowest BCUT2D eigenvalue weighted by molar-refractivity contribution is -0.161. The minimum atomic E-state index is -4.40. The van der Waals surface area contributed by atoms with E-state index in [1.54, 1.807) is 0 Å². The summed E-state index contributed by atoms with van der Waals surface area (Å²) in [5.41, 5.74) is 5.42. The van der Waals surface area contributed by atoms with Gasteiger partial charge in [-0.1, -0.05) is 414 Å². The SMILES string of the molecule is CC/C=C\C/C=C\C/C=C\C/C=C\CCCCCCCCCCCCCCCCCCCCCCCCC(=O)OC(COC(=O)CCCCCCCCCCCCCCCCCCCCCCCCCCCCCCC/C=C\C/C=C\CCCCCCC)COP(=O)(O)OCCN. The molecular weight excluding hydrogens is 1220 g/mol. The summed E-state index contributed by atoms with van der Waals surface area (Å²) < 4.78 is 33.3. The van der Waals surface area contributed by atoms with E-state index in [0.29, 0.717) is 6.42 Å². The van der Waals surface area contributed by atoms with Crippen LogP contribution in [-0.2, 0) is 32.7 Å². The van der Waals surface area contributed by atoms with Gasteiger partial charge < -0.3 is 20.1 Å². The molecule has 0 fully saturated rings. The van der Waals surface area contributed by atoms with Crippen LogP contribution in [0.5, 0.6) is 0 Å². The van der Waals surface area contributed by atoms with Gasteiger partial charge in [0, 0.05) is 19.4 Å². The minimum Gasteiger partial charge on any atom is -0.462 e. The van der Waals surface area contributed by atoms with Crippen molar-refractivity contribution in [2.24, 2.45) is 5.73 Å². The Morgan fingerprint density at radius 3 is 0.845 bits per heavy atom. The normalized spacial score (nSPS) is 13.2. The van der Waals surface area contributed by atoms with E-state index in [1.807, 2.05) is 0 Å². The Bertz CT molecular complexity index is 1830. The van der Waals surface area contributed by atoms with Gasteiger partial charge in [-0.3, -0.25) is 18.6 Å². The fourth-order valence-corrected chi connectivity index (χ4v) is 13.6. The molecule has 568 valence electrons. The van der Waals surface area contributed by atoms with Crippen molar-refractivity contribution >= 4 is 19.8 Å². The predicted octanol–water partition coefficient (Wildman–Crippen LogP) is 28.7. The number of nitrogens with two attached hydrogens (primary N) is 1. The summed E-state index contributed by atoms with van der Waals surface area (Å²) in [6.07, 6.45) is 111. The van der Waals surface area contributed by atoms with Crippen molar-refractivity contribution in [1.29, 1.82) is 0 Å². The topological polar surface area (TPSA) is 134 Å². The smallest absolute Gasteiger partial charge is 0.462 e. The average Bonchev–Trinajstić information content (AvgIpc) is 2.69. The number of ether oxygens (including phenoxy) is 2. The molecule has 0 spiro atoms. The molecule has 0 heterocycles. The highest BCUT2D eigenvalue weighted by Gasteiger charge is 2.26. The van der Waals surface area contributed by atoms with Crippen LogP contribution in [0.1, 0.15) is 438 Å². The molecule has 0 bridgehead atoms. The van der Waals surface area contributed by atoms with Crippen LogP contribution in [-0.4, -0.2) is 49.3 Å². The summed E-state index contributed by atoms with van der Waals surface area (Å²) in [6, 6.07) is 0. The Balaban J connectivity index is 3.72. The van der Waals surface area contributed by atoms with Crippen LogP contribution in [0.25, 0.3) is 0 Å². The second-order valence-corrected chi connectivity index (χ2v) is 30.1. The number of allylic oxidation sites excluding steroid dienone is 12. The van der Waals surface area contributed by atoms with Crippen LogP contribution in [0, 0.1) is 0 Å². The van der Waals surface area contributed by atoms with Gasteiger partial charge in [-0.05, 0) is 83.5 Å². The second-order valence-electron chi connectivity index (χ2n) is 28.7. The van der Waals surface area contributed by atoms with Crippen molar-refractivity contribution in [3.63, 3.8) is 0 Å². The van der Waals surface area contributed by atoms with E-state index in [0.717, 1.165) is 64.2 Å². The zero-order valence-corrected chi connectivity index (χ0v) is 65.2. The first-order chi connectivity index (χ1) is 47.8. The minimum absolute atomic E-state index is 0.0553. The van der Waals surface area contributed by atoms with Crippen LogP contribution in [0.15, 0.2) is 72.9 Å². The lowest BCUT2D eigenvalue weighted by Crippen LogP contribution is -2.29. The van der Waals surface area contributed by atoms with Crippen molar-refractivity contribution in [3.8, 4) is 0 Å². The number of unbranched alkanes of at least 4 members (excludes halogenated alkanes) is 56. The molecule has 9 nitrogen and oxygen atoms in total. The molecular formula is C87H162NO8P. The fraction of sp³-hybridized carbons (Fsp3) is 0.839. The molecule has 0 aliphatic rings. The van der Waals surface area contributed by atoms with Crippen LogP contribution < -0.4 is 5.73 Å². The number of hydrogen-bond acceptors (Lipinski definition) is 8. The first-order valence-corrected chi connectivity index (χ1v) is 43.9. The maximum absolute atomic E-state index is 12.8. The summed E-state index contributed by atoms with van der Waals surface area (Å²) in [4.78, 5) is 35.5. The first-order valence-electron chi connectivity index (χ1n) is 42.4. The predicted molar refractivity (Wildman–Crippen MR) is 423 cm³/mol. The summed E-state index contributed by atoms with van der Waals surface area (Å²) in [7, 11) is -4.40. The summed E-state index contributed by atoms with van der Waals surface area (Å²) in [5.74, 6) is -0.802. The van der Waals surface area contributed by atoms with Crippen molar-refractivity contribution in [2.45, 2.75) is 444 Å². The molecule has 3 N–H and O–H groups in total. The highest BCUT2D eigenvalue weighted by atomic mass is 31.2. The Labute approximate surface area is 602 Å². The molecule has 0 saturated heterocycles. The highest BCUT2D eigenvalue weighted by Crippen LogP contribution is 2.43. The largest absolute Gasteiger partial charge is 0.472 e. The number of esters is 2. The molecule has 0 aliphatic heterocycles. The van der Waals surface area contributed by atoms with Gasteiger partial charge in [0.2, 0.25) is 0 Å². The Hall–Kier alpha value is -2.55. The molecule has 0 rings (SSSR count). The third kappa shape index (κ3) is 82.3. The maximum atomic E-state index is 12.8. The van der Waals surface area contributed by atoms with Gasteiger partial charge in [-0.2, -0.15) is 0 Å². The van der Waals surface area contributed by atoms with Gasteiger partial charge in [0.25, 0.3) is 0 Å². The summed E-state index contributed by atoms with van der Waals surface area (Å²) in [6.45, 7) is 3.70. The Morgan fingerprint density at radius 1 is 0.320 bits per heavy atom. The molecule has 97 heavy (non-hydrogen) atoms. The van der Waals surface area contributed by atoms with Crippen molar-refractivity contribution in [3.05, 3.63) is 72.9 Å². The maximum Gasteiger partial charge on any atom is 0.472 e. The average molecular weight is 1380 g/mol. The lowest BCUT2D eigenvalue weighted by Gasteiger charge is -2.19. The quantitative estimate of drug-likeness (QED) is 0.0264. The number of rotatable bonds is 81. The van der Waals surface area contributed by atoms with Crippen LogP contribution in [0.2, 0.25) is 0 Å². The molecule has 0 amide bonds. The molecule has 10 heteroatoms. The number of hydrogen-bond donors (Lipinski definition) is 2. The zero-order chi connectivity index (χ0) is 70.0. The standard InChI is InChI=1S/C87H162NO8P/c1-3-5-7-9-11-13-15-17-19-21-23-25-27-29-31-33-35-37-39-40-41-42-43-44-46-47-49-51-53-55-57-59-61-63-65-67-69-71-73-75-77-79-86(89)93-83-85(84-95-97(91,92)94-82-81-88)96-87(90)80-78-76-74-72-70-68-66-64-62-60-58-56-54-52-50-48-45-38-36-34-32-30-28-26-24-22-20-18-16-14-12-10-8-6-4-2/h6,8,12,14-15,17-18,20-21,23-24,26,85H,3-5,7,9-11,13,16,19,22,25,27-84,88H2,1-2H3,(H,91,92)/b8-6-,14-12-,17-15-,20-18-,23-21-,26-24-. The highest BCUT2D eigenvalue weighted by molar-refractivity contribution is 7.47. The van der Waals surface area contributed by atoms with Crippen LogP contribution in [0.4, 0.5) is 0 Å². The molecule has 0 radical (unpaired) electrons. The number of carbonyl (C=O) groups is 2. The number of phosphoric acid groups is 1. The monoisotopic (exact) mass is 1380 g/mol.